The summed E-state index contributed by atoms with van der Waals surface area (Å²) in [6, 6.07) is 11.5. The summed E-state index contributed by atoms with van der Waals surface area (Å²) in [6.07, 6.45) is 4.61. The molecule has 0 bridgehead atoms. The van der Waals surface area contributed by atoms with Crippen molar-refractivity contribution in [2.24, 2.45) is 0 Å². The molecule has 1 aliphatic carbocycles. The number of fused-ring (bicyclic) bond motifs is 2. The van der Waals surface area contributed by atoms with Gasteiger partial charge in [-0.3, -0.25) is 14.5 Å². The quantitative estimate of drug-likeness (QED) is 0.581. The molecule has 0 N–H and O–H groups in total. The van der Waals surface area contributed by atoms with Gasteiger partial charge in [-0.1, -0.05) is 24.3 Å². The van der Waals surface area contributed by atoms with Crippen LogP contribution >= 0.6 is 11.3 Å². The molecule has 0 saturated carbocycles. The molecule has 2 aromatic heterocycles. The van der Waals surface area contributed by atoms with E-state index < -0.39 is 18.5 Å². The SMILES string of the molecule is O=C(OCC(=O)N1CCCC1=O)c1c2c(nc3ccccc13)/C(=C/c1cccs1)CC2. The third-order valence-electron chi connectivity index (χ3n) is 5.71. The van der Waals surface area contributed by atoms with Crippen molar-refractivity contribution in [3.05, 3.63) is 63.5 Å². The minimum absolute atomic E-state index is 0.209. The standard InChI is InChI=1S/C24H20N2O4S/c27-20-8-3-11-26(20)21(28)14-30-24(29)22-17-6-1-2-7-19(17)25-23-15(9-10-18(22)23)13-16-5-4-12-31-16/h1-2,4-7,12-13H,3,8-11,14H2/b15-13+. The number of esters is 1. The molecule has 2 amide bonds. The zero-order valence-electron chi connectivity index (χ0n) is 16.8. The van der Waals surface area contributed by atoms with Crippen LogP contribution in [0.15, 0.2) is 41.8 Å². The highest BCUT2D eigenvalue weighted by molar-refractivity contribution is 7.10. The number of pyridine rings is 1. The normalized spacial score (nSPS) is 16.8. The van der Waals surface area contributed by atoms with Gasteiger partial charge in [0.2, 0.25) is 5.91 Å². The topological polar surface area (TPSA) is 76.6 Å². The first kappa shape index (κ1) is 19.6. The average Bonchev–Trinajstić information content (AvgIpc) is 3.53. The van der Waals surface area contributed by atoms with Gasteiger partial charge < -0.3 is 4.74 Å². The molecule has 1 fully saturated rings. The van der Waals surface area contributed by atoms with Crippen molar-refractivity contribution in [1.82, 2.24) is 9.88 Å². The second-order valence-corrected chi connectivity index (χ2v) is 8.61. The van der Waals surface area contributed by atoms with Crippen LogP contribution in [-0.2, 0) is 20.7 Å². The highest BCUT2D eigenvalue weighted by Crippen LogP contribution is 2.38. The number of para-hydroxylation sites is 1. The summed E-state index contributed by atoms with van der Waals surface area (Å²) >= 11 is 1.66. The number of imide groups is 1. The predicted molar refractivity (Wildman–Crippen MR) is 118 cm³/mol. The molecule has 3 aromatic rings. The molecule has 1 aliphatic heterocycles. The fourth-order valence-corrected chi connectivity index (χ4v) is 4.93. The second kappa shape index (κ2) is 8.07. The van der Waals surface area contributed by atoms with Gasteiger partial charge in [0, 0.05) is 23.2 Å². The molecule has 1 aromatic carbocycles. The molecular weight excluding hydrogens is 412 g/mol. The molecule has 3 heterocycles. The maximum absolute atomic E-state index is 13.1. The number of rotatable bonds is 4. The largest absolute Gasteiger partial charge is 0.452 e. The van der Waals surface area contributed by atoms with Crippen LogP contribution < -0.4 is 0 Å². The molecule has 7 heteroatoms. The number of carbonyl (C=O) groups excluding carboxylic acids is 3. The Hall–Kier alpha value is -3.32. The van der Waals surface area contributed by atoms with E-state index in [1.807, 2.05) is 35.7 Å². The zero-order valence-corrected chi connectivity index (χ0v) is 17.6. The first-order chi connectivity index (χ1) is 15.1. The molecule has 0 radical (unpaired) electrons. The molecule has 156 valence electrons. The van der Waals surface area contributed by atoms with Crippen molar-refractivity contribution in [3.8, 4) is 0 Å². The van der Waals surface area contributed by atoms with E-state index in [0.29, 0.717) is 42.3 Å². The summed E-state index contributed by atoms with van der Waals surface area (Å²) in [5, 5.41) is 2.74. The number of allylic oxidation sites excluding steroid dienone is 1. The van der Waals surface area contributed by atoms with Gasteiger partial charge in [0.15, 0.2) is 6.61 Å². The Morgan fingerprint density at radius 2 is 2.00 bits per heavy atom. The highest BCUT2D eigenvalue weighted by Gasteiger charge is 2.30. The van der Waals surface area contributed by atoms with Gasteiger partial charge in [0.25, 0.3) is 5.91 Å². The third-order valence-corrected chi connectivity index (χ3v) is 6.53. The molecule has 1 saturated heterocycles. The lowest BCUT2D eigenvalue weighted by Crippen LogP contribution is -2.35. The Morgan fingerprint density at radius 1 is 1.13 bits per heavy atom. The minimum atomic E-state index is -0.549. The maximum Gasteiger partial charge on any atom is 0.339 e. The van der Waals surface area contributed by atoms with E-state index in [0.717, 1.165) is 28.1 Å². The number of thiophene rings is 1. The van der Waals surface area contributed by atoms with Gasteiger partial charge in [0.1, 0.15) is 0 Å². The molecule has 2 aliphatic rings. The van der Waals surface area contributed by atoms with Crippen molar-refractivity contribution in [2.75, 3.05) is 13.2 Å². The lowest BCUT2D eigenvalue weighted by atomic mass is 10.0. The molecule has 0 unspecified atom stereocenters. The van der Waals surface area contributed by atoms with Crippen molar-refractivity contribution < 1.29 is 19.1 Å². The van der Waals surface area contributed by atoms with Crippen LogP contribution in [0.25, 0.3) is 22.6 Å². The summed E-state index contributed by atoms with van der Waals surface area (Å²) < 4.78 is 5.40. The molecular formula is C24H20N2O4S. The Morgan fingerprint density at radius 3 is 2.77 bits per heavy atom. The van der Waals surface area contributed by atoms with Gasteiger partial charge in [-0.05, 0) is 54.0 Å². The van der Waals surface area contributed by atoms with Gasteiger partial charge >= 0.3 is 5.97 Å². The number of hydrogen-bond donors (Lipinski definition) is 0. The molecule has 31 heavy (non-hydrogen) atoms. The highest BCUT2D eigenvalue weighted by atomic mass is 32.1. The first-order valence-electron chi connectivity index (χ1n) is 10.3. The zero-order chi connectivity index (χ0) is 21.4. The van der Waals surface area contributed by atoms with E-state index in [4.69, 9.17) is 9.72 Å². The Kier molecular flexibility index (Phi) is 5.11. The van der Waals surface area contributed by atoms with Gasteiger partial charge in [-0.25, -0.2) is 9.78 Å². The van der Waals surface area contributed by atoms with Crippen LogP contribution in [0.4, 0.5) is 0 Å². The summed E-state index contributed by atoms with van der Waals surface area (Å²) in [5.41, 5.74) is 3.95. The number of carbonyl (C=O) groups is 3. The first-order valence-corrected chi connectivity index (χ1v) is 11.2. The number of hydrogen-bond acceptors (Lipinski definition) is 6. The van der Waals surface area contributed by atoms with Crippen LogP contribution in [0.3, 0.4) is 0 Å². The Bertz CT molecular complexity index is 1230. The number of aromatic nitrogens is 1. The number of likely N-dealkylation sites (tertiary alicyclic amines) is 1. The molecule has 5 rings (SSSR count). The van der Waals surface area contributed by atoms with Gasteiger partial charge in [0.05, 0.1) is 16.8 Å². The van der Waals surface area contributed by atoms with Gasteiger partial charge in [-0.2, -0.15) is 0 Å². The van der Waals surface area contributed by atoms with E-state index >= 15 is 0 Å². The van der Waals surface area contributed by atoms with Crippen molar-refractivity contribution in [3.63, 3.8) is 0 Å². The lowest BCUT2D eigenvalue weighted by Gasteiger charge is -2.15. The number of nitrogens with zero attached hydrogens (tertiary/aromatic N) is 2. The minimum Gasteiger partial charge on any atom is -0.452 e. The van der Waals surface area contributed by atoms with Crippen molar-refractivity contribution >= 4 is 51.7 Å². The van der Waals surface area contributed by atoms with Crippen LogP contribution in [0, 0.1) is 0 Å². The molecule has 0 spiro atoms. The summed E-state index contributed by atoms with van der Waals surface area (Å²) in [6.45, 7) is -0.0480. The van der Waals surface area contributed by atoms with Crippen LogP contribution in [0.1, 0.15) is 45.8 Å². The maximum atomic E-state index is 13.1. The van der Waals surface area contributed by atoms with Crippen LogP contribution in [0.5, 0.6) is 0 Å². The van der Waals surface area contributed by atoms with E-state index in [2.05, 4.69) is 12.1 Å². The van der Waals surface area contributed by atoms with E-state index in [-0.39, 0.29) is 5.91 Å². The van der Waals surface area contributed by atoms with E-state index in [9.17, 15) is 14.4 Å². The van der Waals surface area contributed by atoms with Crippen LogP contribution in [-0.4, -0.2) is 40.8 Å². The third kappa shape index (κ3) is 3.65. The second-order valence-electron chi connectivity index (χ2n) is 7.63. The summed E-state index contributed by atoms with van der Waals surface area (Å²) in [7, 11) is 0. The van der Waals surface area contributed by atoms with Crippen LogP contribution in [0.2, 0.25) is 0 Å². The fraction of sp³-hybridized carbons (Fsp3) is 0.250. The predicted octanol–water partition coefficient (Wildman–Crippen LogP) is 4.09. The number of amides is 2. The lowest BCUT2D eigenvalue weighted by molar-refractivity contribution is -0.143. The Balaban J connectivity index is 1.49. The molecule has 0 atom stereocenters. The van der Waals surface area contributed by atoms with E-state index in [1.165, 1.54) is 4.90 Å². The fourth-order valence-electron chi connectivity index (χ4n) is 4.25. The van der Waals surface area contributed by atoms with Crippen molar-refractivity contribution in [1.29, 1.82) is 0 Å². The van der Waals surface area contributed by atoms with E-state index in [1.54, 1.807) is 11.3 Å². The number of benzene rings is 1. The summed E-state index contributed by atoms with van der Waals surface area (Å²) in [4.78, 5) is 44.4. The summed E-state index contributed by atoms with van der Waals surface area (Å²) in [5.74, 6) is -1.23. The average molecular weight is 433 g/mol. The van der Waals surface area contributed by atoms with Gasteiger partial charge in [-0.15, -0.1) is 11.3 Å². The van der Waals surface area contributed by atoms with Crippen molar-refractivity contribution in [2.45, 2.75) is 25.7 Å². The smallest absolute Gasteiger partial charge is 0.339 e. The monoisotopic (exact) mass is 432 g/mol. The Labute approximate surface area is 183 Å². The number of ether oxygens (including phenoxy) is 1. The molecule has 6 nitrogen and oxygen atoms in total.